The minimum Gasteiger partial charge on any atom is -0.354 e. The van der Waals surface area contributed by atoms with E-state index in [-0.39, 0.29) is 34.6 Å². The predicted molar refractivity (Wildman–Crippen MR) is 112 cm³/mol. The number of nitro groups is 1. The first-order valence-electron chi connectivity index (χ1n) is 8.55. The number of nitro benzene ring substituents is 1. The second kappa shape index (κ2) is 11.2. The third kappa shape index (κ3) is 6.77. The third-order valence-electron chi connectivity index (χ3n) is 4.33. The standard InChI is InChI=1S/C17H27N5O2.HI/c1-3-10-21-11-8-15(9-12-21)20-17(18-2)19-13-14-6-4-5-7-16(14)22(23)24;/h4-7,15H,3,8-13H2,1-2H3,(H2,18,19,20);1H. The Hall–Kier alpha value is -1.42. The molecule has 0 atom stereocenters. The summed E-state index contributed by atoms with van der Waals surface area (Å²) in [6.07, 6.45) is 3.37. The molecular formula is C17H28IN5O2. The van der Waals surface area contributed by atoms with Crippen LogP contribution in [0.2, 0.25) is 0 Å². The summed E-state index contributed by atoms with van der Waals surface area (Å²) in [7, 11) is 1.72. The fourth-order valence-corrected chi connectivity index (χ4v) is 3.02. The van der Waals surface area contributed by atoms with Crippen LogP contribution >= 0.6 is 24.0 Å². The zero-order valence-electron chi connectivity index (χ0n) is 14.9. The fourth-order valence-electron chi connectivity index (χ4n) is 3.02. The van der Waals surface area contributed by atoms with E-state index in [9.17, 15) is 10.1 Å². The number of hydrogen-bond donors (Lipinski definition) is 2. The van der Waals surface area contributed by atoms with E-state index in [2.05, 4.69) is 27.4 Å². The lowest BCUT2D eigenvalue weighted by Crippen LogP contribution is -2.48. The van der Waals surface area contributed by atoms with E-state index in [1.807, 2.05) is 6.07 Å². The minimum atomic E-state index is -0.351. The maximum Gasteiger partial charge on any atom is 0.274 e. The van der Waals surface area contributed by atoms with Crippen molar-refractivity contribution in [2.45, 2.75) is 38.8 Å². The molecule has 2 N–H and O–H groups in total. The molecule has 0 aliphatic carbocycles. The van der Waals surface area contributed by atoms with Crippen molar-refractivity contribution < 1.29 is 4.92 Å². The van der Waals surface area contributed by atoms with Gasteiger partial charge in [0.1, 0.15) is 0 Å². The van der Waals surface area contributed by atoms with Crippen LogP contribution in [0.15, 0.2) is 29.3 Å². The van der Waals surface area contributed by atoms with Crippen LogP contribution < -0.4 is 10.6 Å². The molecule has 1 aromatic rings. The molecule has 0 amide bonds. The van der Waals surface area contributed by atoms with Gasteiger partial charge >= 0.3 is 0 Å². The van der Waals surface area contributed by atoms with Crippen LogP contribution in [0.1, 0.15) is 31.7 Å². The van der Waals surface area contributed by atoms with Gasteiger partial charge in [-0.1, -0.05) is 25.1 Å². The Morgan fingerprint density at radius 2 is 2.04 bits per heavy atom. The molecule has 0 aromatic heterocycles. The van der Waals surface area contributed by atoms with Crippen LogP contribution in [0.3, 0.4) is 0 Å². The molecule has 0 unspecified atom stereocenters. The van der Waals surface area contributed by atoms with Crippen molar-refractivity contribution in [3.8, 4) is 0 Å². The molecule has 0 bridgehead atoms. The number of likely N-dealkylation sites (tertiary alicyclic amines) is 1. The van der Waals surface area contributed by atoms with Gasteiger partial charge in [0.05, 0.1) is 4.92 Å². The predicted octanol–water partition coefficient (Wildman–Crippen LogP) is 2.75. The van der Waals surface area contributed by atoms with E-state index in [4.69, 9.17) is 0 Å². The van der Waals surface area contributed by atoms with Crippen LogP contribution in [0.5, 0.6) is 0 Å². The number of benzene rings is 1. The number of guanidine groups is 1. The maximum absolute atomic E-state index is 11.1. The van der Waals surface area contributed by atoms with Gasteiger partial charge in [-0.25, -0.2) is 0 Å². The van der Waals surface area contributed by atoms with Gasteiger partial charge in [-0.05, 0) is 25.8 Å². The van der Waals surface area contributed by atoms with E-state index < -0.39 is 0 Å². The number of para-hydroxylation sites is 1. The molecule has 1 fully saturated rings. The number of rotatable bonds is 6. The first-order chi connectivity index (χ1) is 11.6. The first-order valence-corrected chi connectivity index (χ1v) is 8.55. The summed E-state index contributed by atoms with van der Waals surface area (Å²) in [4.78, 5) is 17.4. The fraction of sp³-hybridized carbons (Fsp3) is 0.588. The average molecular weight is 461 g/mol. The van der Waals surface area contributed by atoms with Crippen molar-refractivity contribution in [2.24, 2.45) is 4.99 Å². The molecule has 7 nitrogen and oxygen atoms in total. The molecule has 1 saturated heterocycles. The molecule has 8 heteroatoms. The van der Waals surface area contributed by atoms with Crippen LogP contribution in [0, 0.1) is 10.1 Å². The number of nitrogens with zero attached hydrogens (tertiary/aromatic N) is 3. The van der Waals surface area contributed by atoms with Crippen LogP contribution in [0.25, 0.3) is 0 Å². The van der Waals surface area contributed by atoms with E-state index in [0.717, 1.165) is 32.5 Å². The van der Waals surface area contributed by atoms with Crippen molar-refractivity contribution in [3.63, 3.8) is 0 Å². The quantitative estimate of drug-likeness (QED) is 0.224. The largest absolute Gasteiger partial charge is 0.354 e. The van der Waals surface area contributed by atoms with Crippen molar-refractivity contribution in [3.05, 3.63) is 39.9 Å². The smallest absolute Gasteiger partial charge is 0.274 e. The summed E-state index contributed by atoms with van der Waals surface area (Å²) >= 11 is 0. The summed E-state index contributed by atoms with van der Waals surface area (Å²) in [5.74, 6) is 0.696. The Morgan fingerprint density at radius 3 is 2.64 bits per heavy atom. The van der Waals surface area contributed by atoms with Gasteiger partial charge in [0.2, 0.25) is 0 Å². The first kappa shape index (κ1) is 21.6. The van der Waals surface area contributed by atoms with Crippen LogP contribution in [-0.4, -0.2) is 48.5 Å². The number of nitrogens with one attached hydrogen (secondary N) is 2. The highest BCUT2D eigenvalue weighted by molar-refractivity contribution is 14.0. The Bertz CT molecular complexity index is 574. The normalized spacial score (nSPS) is 16.2. The van der Waals surface area contributed by atoms with E-state index in [0.29, 0.717) is 24.1 Å². The van der Waals surface area contributed by atoms with E-state index >= 15 is 0 Å². The van der Waals surface area contributed by atoms with Crippen molar-refractivity contribution in [2.75, 3.05) is 26.7 Å². The number of aliphatic imine (C=N–C) groups is 1. The number of hydrogen-bond acceptors (Lipinski definition) is 4. The van der Waals surface area contributed by atoms with Gasteiger partial charge in [0, 0.05) is 44.4 Å². The Balaban J connectivity index is 0.00000312. The average Bonchev–Trinajstić information content (AvgIpc) is 2.60. The van der Waals surface area contributed by atoms with E-state index in [1.54, 1.807) is 19.2 Å². The zero-order chi connectivity index (χ0) is 17.4. The van der Waals surface area contributed by atoms with Gasteiger partial charge in [-0.3, -0.25) is 15.1 Å². The highest BCUT2D eigenvalue weighted by atomic mass is 127. The van der Waals surface area contributed by atoms with Gasteiger partial charge < -0.3 is 15.5 Å². The summed E-state index contributed by atoms with van der Waals surface area (Å²) < 4.78 is 0. The molecule has 25 heavy (non-hydrogen) atoms. The summed E-state index contributed by atoms with van der Waals surface area (Å²) in [5.41, 5.74) is 0.788. The molecule has 0 spiro atoms. The summed E-state index contributed by atoms with van der Waals surface area (Å²) in [5, 5.41) is 17.7. The SMILES string of the molecule is CCCN1CCC(NC(=NC)NCc2ccccc2[N+](=O)[O-])CC1.I. The molecule has 2 rings (SSSR count). The van der Waals surface area contributed by atoms with Crippen LogP contribution in [0.4, 0.5) is 5.69 Å². The lowest BCUT2D eigenvalue weighted by molar-refractivity contribution is -0.385. The van der Waals surface area contributed by atoms with Crippen LogP contribution in [-0.2, 0) is 6.54 Å². The third-order valence-corrected chi connectivity index (χ3v) is 4.33. The monoisotopic (exact) mass is 461 g/mol. The van der Waals surface area contributed by atoms with E-state index in [1.165, 1.54) is 12.5 Å². The molecule has 0 radical (unpaired) electrons. The van der Waals surface area contributed by atoms with Gasteiger partial charge in [0.25, 0.3) is 5.69 Å². The molecule has 1 aromatic carbocycles. The van der Waals surface area contributed by atoms with Crippen molar-refractivity contribution in [1.29, 1.82) is 0 Å². The van der Waals surface area contributed by atoms with Gasteiger partial charge in [0.15, 0.2) is 5.96 Å². The molecule has 0 saturated carbocycles. The Kier molecular flexibility index (Phi) is 9.73. The number of piperidine rings is 1. The number of halogens is 1. The maximum atomic E-state index is 11.1. The second-order valence-electron chi connectivity index (χ2n) is 6.07. The van der Waals surface area contributed by atoms with Gasteiger partial charge in [-0.15, -0.1) is 24.0 Å². The topological polar surface area (TPSA) is 82.8 Å². The summed E-state index contributed by atoms with van der Waals surface area (Å²) in [6, 6.07) is 7.18. The minimum absolute atomic E-state index is 0. The second-order valence-corrected chi connectivity index (χ2v) is 6.07. The van der Waals surface area contributed by atoms with Gasteiger partial charge in [-0.2, -0.15) is 0 Å². The molecule has 1 aliphatic rings. The van der Waals surface area contributed by atoms with Crippen molar-refractivity contribution in [1.82, 2.24) is 15.5 Å². The lowest BCUT2D eigenvalue weighted by Gasteiger charge is -2.32. The Labute approximate surface area is 166 Å². The summed E-state index contributed by atoms with van der Waals surface area (Å²) in [6.45, 7) is 5.96. The highest BCUT2D eigenvalue weighted by Gasteiger charge is 2.19. The van der Waals surface area contributed by atoms with Crippen molar-refractivity contribution >= 4 is 35.6 Å². The highest BCUT2D eigenvalue weighted by Crippen LogP contribution is 2.17. The molecule has 140 valence electrons. The molecular weight excluding hydrogens is 433 g/mol. The molecule has 1 aliphatic heterocycles. The zero-order valence-corrected chi connectivity index (χ0v) is 17.2. The molecule has 1 heterocycles. The Morgan fingerprint density at radius 1 is 1.36 bits per heavy atom. The lowest BCUT2D eigenvalue weighted by atomic mass is 10.1.